The maximum atomic E-state index is 2.56. The zero-order chi connectivity index (χ0) is 46.9. The molecule has 0 saturated carbocycles. The van der Waals surface area contributed by atoms with Crippen molar-refractivity contribution >= 4 is 113 Å². The van der Waals surface area contributed by atoms with Crippen molar-refractivity contribution in [3.05, 3.63) is 279 Å². The van der Waals surface area contributed by atoms with Gasteiger partial charge in [0.2, 0.25) is 0 Å². The van der Waals surface area contributed by atoms with Crippen LogP contribution in [0.4, 0.5) is 0 Å². The van der Waals surface area contributed by atoms with Crippen LogP contribution in [0.15, 0.2) is 289 Å². The average Bonchev–Trinajstić information content (AvgIpc) is 3.96. The molecule has 11 aromatic carbocycles. The largest absolute Gasteiger partial charge is 0.309 e. The maximum absolute atomic E-state index is 2.82. The molecule has 0 atom stereocenters. The molecule has 334 valence electrons. The smallest absolute Gasteiger partial charge is 0.181 e. The Hall–Kier alpha value is -8.20. The summed E-state index contributed by atoms with van der Waals surface area (Å²) in [6.45, 7) is 0. The van der Waals surface area contributed by atoms with Gasteiger partial charge in [0, 0.05) is 42.7 Å². The molecule has 1 aliphatic rings. The number of nitrogens with zero attached hydrogens (tertiary/aromatic N) is 2. The van der Waals surface area contributed by atoms with Crippen molar-refractivity contribution in [2.45, 2.75) is 9.79 Å². The molecule has 71 heavy (non-hydrogen) atoms. The van der Waals surface area contributed by atoms with Crippen LogP contribution in [0.3, 0.4) is 0 Å². The maximum Gasteiger partial charge on any atom is 0.181 e. The van der Waals surface area contributed by atoms with Gasteiger partial charge in [-0.1, -0.05) is 236 Å². The van der Waals surface area contributed by atoms with E-state index in [-0.39, 0.29) is 0 Å². The van der Waals surface area contributed by atoms with Crippen molar-refractivity contribution < 1.29 is 0 Å². The Morgan fingerprint density at radius 2 is 0.704 bits per heavy atom. The van der Waals surface area contributed by atoms with Crippen LogP contribution < -0.4 is 41.5 Å². The molecule has 5 heteroatoms. The van der Waals surface area contributed by atoms with E-state index in [4.69, 9.17) is 0 Å². The van der Waals surface area contributed by atoms with E-state index in [1.165, 1.54) is 94.9 Å². The Morgan fingerprint density at radius 1 is 0.282 bits per heavy atom. The van der Waals surface area contributed by atoms with Crippen molar-refractivity contribution in [2.24, 2.45) is 0 Å². The molecule has 13 aromatic rings. The molecule has 2 aromatic heterocycles. The van der Waals surface area contributed by atoms with E-state index >= 15 is 0 Å². The van der Waals surface area contributed by atoms with Gasteiger partial charge in [-0.15, -0.1) is 0 Å². The molecule has 0 N–H and O–H groups in total. The first-order valence-electron chi connectivity index (χ1n) is 24.5. The molecule has 0 radical (unpaired) electrons. The van der Waals surface area contributed by atoms with Gasteiger partial charge in [0.15, 0.2) is 16.1 Å². The van der Waals surface area contributed by atoms with Gasteiger partial charge in [-0.25, -0.2) is 0 Å². The van der Waals surface area contributed by atoms with Crippen LogP contribution in [-0.2, 0) is 0 Å². The minimum Gasteiger partial charge on any atom is -0.309 e. The second-order valence-electron chi connectivity index (χ2n) is 18.7. The quantitative estimate of drug-likeness (QED) is 0.109. The molecule has 0 bridgehead atoms. The number of para-hydroxylation sites is 2. The van der Waals surface area contributed by atoms with Crippen LogP contribution in [-0.4, -0.2) is 25.3 Å². The molecular weight excluding hydrogens is 909 g/mol. The fourth-order valence-electron chi connectivity index (χ4n) is 12.3. The molecule has 1 aliphatic heterocycles. The summed E-state index contributed by atoms with van der Waals surface area (Å²) in [7, 11) is -5.62. The third kappa shape index (κ3) is 6.27. The summed E-state index contributed by atoms with van der Waals surface area (Å²) < 4.78 is 5.05. The first-order chi connectivity index (χ1) is 35.2. The predicted molar refractivity (Wildman–Crippen MR) is 306 cm³/mol. The molecular formula is C66H46N2SSi2. The summed E-state index contributed by atoms with van der Waals surface area (Å²) in [6.07, 6.45) is 0. The van der Waals surface area contributed by atoms with E-state index in [0.29, 0.717) is 0 Å². The zero-order valence-electron chi connectivity index (χ0n) is 38.9. The van der Waals surface area contributed by atoms with Gasteiger partial charge < -0.3 is 9.13 Å². The van der Waals surface area contributed by atoms with Crippen LogP contribution in [0, 0.1) is 0 Å². The van der Waals surface area contributed by atoms with Crippen LogP contribution in [0.2, 0.25) is 0 Å². The molecule has 0 unspecified atom stereocenters. The van der Waals surface area contributed by atoms with Gasteiger partial charge in [0.25, 0.3) is 0 Å². The number of hydrogen-bond acceptors (Lipinski definition) is 1. The second-order valence-corrected chi connectivity index (χ2v) is 27.4. The molecule has 2 nitrogen and oxygen atoms in total. The number of benzene rings is 11. The second kappa shape index (κ2) is 16.7. The lowest BCUT2D eigenvalue weighted by Gasteiger charge is -2.39. The molecule has 0 fully saturated rings. The summed E-state index contributed by atoms with van der Waals surface area (Å²) in [5.41, 5.74) is 7.07. The van der Waals surface area contributed by atoms with Crippen LogP contribution in [0.1, 0.15) is 0 Å². The lowest BCUT2D eigenvalue weighted by atomic mass is 10.1. The highest BCUT2D eigenvalue weighted by Crippen LogP contribution is 2.38. The van der Waals surface area contributed by atoms with Crippen molar-refractivity contribution in [1.29, 1.82) is 0 Å². The normalized spacial score (nSPS) is 13.1. The van der Waals surface area contributed by atoms with Gasteiger partial charge >= 0.3 is 0 Å². The van der Waals surface area contributed by atoms with Crippen LogP contribution in [0.5, 0.6) is 0 Å². The van der Waals surface area contributed by atoms with E-state index in [1.807, 2.05) is 11.8 Å². The molecule has 0 spiro atoms. The van der Waals surface area contributed by atoms with Gasteiger partial charge in [-0.2, -0.15) is 0 Å². The van der Waals surface area contributed by atoms with Gasteiger partial charge in [-0.05, 0) is 96.1 Å². The lowest BCUT2D eigenvalue weighted by Crippen LogP contribution is -2.76. The van der Waals surface area contributed by atoms with Gasteiger partial charge in [-0.3, -0.25) is 0 Å². The lowest BCUT2D eigenvalue weighted by molar-refractivity contribution is 1.16. The van der Waals surface area contributed by atoms with Crippen LogP contribution >= 0.6 is 11.8 Å². The predicted octanol–water partition coefficient (Wildman–Crippen LogP) is 11.1. The summed E-state index contributed by atoms with van der Waals surface area (Å²) in [4.78, 5) is 2.70. The Morgan fingerprint density at radius 3 is 1.27 bits per heavy atom. The molecule has 14 rings (SSSR count). The van der Waals surface area contributed by atoms with Crippen molar-refractivity contribution in [2.75, 3.05) is 0 Å². The van der Waals surface area contributed by atoms with Crippen molar-refractivity contribution in [3.63, 3.8) is 0 Å². The minimum atomic E-state index is -2.82. The minimum absolute atomic E-state index is 1.14. The fourth-order valence-corrected chi connectivity index (χ4v) is 24.0. The van der Waals surface area contributed by atoms with Crippen molar-refractivity contribution in [3.8, 4) is 11.4 Å². The number of fused-ring (bicyclic) bond motifs is 8. The third-order valence-electron chi connectivity index (χ3n) is 15.2. The Labute approximate surface area is 419 Å². The first-order valence-corrected chi connectivity index (χ1v) is 29.3. The van der Waals surface area contributed by atoms with Crippen LogP contribution in [0.25, 0.3) is 55.0 Å². The number of aromatic nitrogens is 2. The summed E-state index contributed by atoms with van der Waals surface area (Å²) in [6, 6.07) is 105. The highest BCUT2D eigenvalue weighted by molar-refractivity contribution is 8.00. The van der Waals surface area contributed by atoms with Gasteiger partial charge in [0.1, 0.15) is 0 Å². The summed E-state index contributed by atoms with van der Waals surface area (Å²) in [5.74, 6) is 0. The average molecular weight is 955 g/mol. The summed E-state index contributed by atoms with van der Waals surface area (Å²) in [5, 5.41) is 16.1. The summed E-state index contributed by atoms with van der Waals surface area (Å²) >= 11 is 1.91. The fraction of sp³-hybridized carbons (Fsp3) is 0. The first kappa shape index (κ1) is 41.7. The zero-order valence-corrected chi connectivity index (χ0v) is 41.7. The Bertz CT molecular complexity index is 4000. The highest BCUT2D eigenvalue weighted by atomic mass is 32.2. The Balaban J connectivity index is 1.03. The molecule has 3 heterocycles. The van der Waals surface area contributed by atoms with E-state index < -0.39 is 16.1 Å². The van der Waals surface area contributed by atoms with Gasteiger partial charge in [0.05, 0.1) is 22.1 Å². The molecule has 0 amide bonds. The monoisotopic (exact) mass is 954 g/mol. The Kier molecular flexibility index (Phi) is 9.85. The molecule has 0 saturated heterocycles. The molecule has 0 aliphatic carbocycles. The van der Waals surface area contributed by atoms with E-state index in [1.54, 1.807) is 0 Å². The van der Waals surface area contributed by atoms with Crippen molar-refractivity contribution in [1.82, 2.24) is 9.13 Å². The SMILES string of the molecule is c1ccc([Si](c2ccccc2)(c2ccccc2)c2cccc(-n3c4ccccc4c4ccc(-n5c6ccccc6c6ccc([Si]7(c8ccccc8)c8ccccc8Sc8ccccc87)cc65)cc43)c2)cc1. The highest BCUT2D eigenvalue weighted by Gasteiger charge is 2.47. The number of hydrogen-bond donors (Lipinski definition) is 0. The third-order valence-corrected chi connectivity index (χ3v) is 26.3. The number of rotatable bonds is 8. The van der Waals surface area contributed by atoms with E-state index in [0.717, 1.165) is 11.4 Å². The standard InChI is InChI=1S/C66H46N2SSi2/c1-5-23-49(24-6-1)70(50-25-7-2-8-26-50,51-27-9-3-10-28-51)53-31-21-22-47(44-53)67-59-34-15-13-32-55(59)57-42-40-48(45-61(57)67)68-60-35-16-14-33-56(60)58-43-41-54(46-62(58)68)71(52-29-11-4-12-30-52)65-38-19-17-36-63(65)69-64-37-18-20-39-66(64)71/h1-46H. The van der Waals surface area contributed by atoms with E-state index in [2.05, 4.69) is 288 Å². The topological polar surface area (TPSA) is 9.86 Å². The van der Waals surface area contributed by atoms with E-state index in [9.17, 15) is 0 Å².